The van der Waals surface area contributed by atoms with Crippen molar-refractivity contribution < 1.29 is 14.1 Å². The highest BCUT2D eigenvalue weighted by Gasteiger charge is 2.10. The van der Waals surface area contributed by atoms with Crippen LogP contribution in [0.1, 0.15) is 6.92 Å². The van der Waals surface area contributed by atoms with Gasteiger partial charge in [0.25, 0.3) is 5.69 Å². The van der Waals surface area contributed by atoms with Crippen molar-refractivity contribution >= 4 is 28.4 Å². The molecule has 0 aliphatic heterocycles. The van der Waals surface area contributed by atoms with Gasteiger partial charge in [-0.25, -0.2) is 0 Å². The number of nitro benzene ring substituents is 1. The summed E-state index contributed by atoms with van der Waals surface area (Å²) in [7, 11) is 0. The van der Waals surface area contributed by atoms with E-state index in [2.05, 4.69) is 5.32 Å². The smallest absolute Gasteiger partial charge is 0.270 e. The van der Waals surface area contributed by atoms with Crippen molar-refractivity contribution in [2.45, 2.75) is 6.92 Å². The van der Waals surface area contributed by atoms with Gasteiger partial charge >= 0.3 is 0 Å². The largest absolute Gasteiger partial charge is 0.440 e. The predicted molar refractivity (Wildman–Crippen MR) is 57.2 cm³/mol. The van der Waals surface area contributed by atoms with E-state index in [1.807, 2.05) is 0 Å². The van der Waals surface area contributed by atoms with Crippen LogP contribution in [0, 0.1) is 10.1 Å². The number of nitrogens with zero attached hydrogens (tertiary/aromatic N) is 1. The summed E-state index contributed by atoms with van der Waals surface area (Å²) in [5.41, 5.74) is 0.483. The van der Waals surface area contributed by atoms with Gasteiger partial charge in [-0.2, -0.15) is 0 Å². The number of nitrogens with one attached hydrogen (secondary N) is 1. The molecule has 0 saturated heterocycles. The van der Waals surface area contributed by atoms with Crippen molar-refractivity contribution in [2.24, 2.45) is 0 Å². The number of fused-ring (bicyclic) bond motifs is 1. The molecule has 0 radical (unpaired) electrons. The molecule has 6 nitrogen and oxygen atoms in total. The monoisotopic (exact) mass is 220 g/mol. The summed E-state index contributed by atoms with van der Waals surface area (Å²) in [5.74, 6) is 0.0246. The van der Waals surface area contributed by atoms with Crippen LogP contribution in [-0.2, 0) is 4.79 Å². The Balaban J connectivity index is 2.45. The maximum Gasteiger partial charge on any atom is 0.270 e. The van der Waals surface area contributed by atoms with Gasteiger partial charge in [0.05, 0.1) is 4.92 Å². The van der Waals surface area contributed by atoms with Gasteiger partial charge in [-0.05, 0) is 6.07 Å². The number of hydrogen-bond acceptors (Lipinski definition) is 4. The average molecular weight is 220 g/mol. The van der Waals surface area contributed by atoms with Gasteiger partial charge in [-0.1, -0.05) is 0 Å². The Morgan fingerprint density at radius 3 is 2.81 bits per heavy atom. The summed E-state index contributed by atoms with van der Waals surface area (Å²) in [6.07, 6.45) is 0. The minimum Gasteiger partial charge on any atom is -0.440 e. The molecule has 1 N–H and O–H groups in total. The van der Waals surface area contributed by atoms with E-state index < -0.39 is 4.92 Å². The zero-order valence-electron chi connectivity index (χ0n) is 8.39. The van der Waals surface area contributed by atoms with Crippen LogP contribution in [0.5, 0.6) is 0 Å². The molecule has 0 saturated carbocycles. The number of furan rings is 1. The number of hydrogen-bond donors (Lipinski definition) is 1. The molecular weight excluding hydrogens is 212 g/mol. The molecule has 2 aromatic rings. The molecule has 0 atom stereocenters. The van der Waals surface area contributed by atoms with E-state index >= 15 is 0 Å². The van der Waals surface area contributed by atoms with Gasteiger partial charge in [0, 0.05) is 30.5 Å². The normalized spacial score (nSPS) is 10.3. The van der Waals surface area contributed by atoms with Crippen molar-refractivity contribution in [3.63, 3.8) is 0 Å². The van der Waals surface area contributed by atoms with Crippen LogP contribution >= 0.6 is 0 Å². The van der Waals surface area contributed by atoms with Crippen molar-refractivity contribution in [3.05, 3.63) is 34.4 Å². The third-order valence-corrected chi connectivity index (χ3v) is 2.01. The first kappa shape index (κ1) is 10.2. The molecule has 0 unspecified atom stereocenters. The third-order valence-electron chi connectivity index (χ3n) is 2.01. The van der Waals surface area contributed by atoms with Crippen LogP contribution in [-0.4, -0.2) is 10.8 Å². The Labute approximate surface area is 90.0 Å². The van der Waals surface area contributed by atoms with Gasteiger partial charge in [0.1, 0.15) is 5.58 Å². The van der Waals surface area contributed by atoms with E-state index in [1.54, 1.807) is 6.07 Å². The minimum absolute atomic E-state index is 0.0114. The van der Waals surface area contributed by atoms with Crippen LogP contribution in [0.3, 0.4) is 0 Å². The highest BCUT2D eigenvalue weighted by atomic mass is 16.6. The second-order valence-electron chi connectivity index (χ2n) is 3.27. The van der Waals surface area contributed by atoms with Crippen LogP contribution in [0.25, 0.3) is 11.0 Å². The number of amides is 1. The number of nitro groups is 1. The second-order valence-corrected chi connectivity index (χ2v) is 3.27. The number of carbonyl (C=O) groups is 1. The standard InChI is InChI=1S/C10H8N2O4/c1-6(13)11-10-5-7-4-8(12(14)15)2-3-9(7)16-10/h2-5H,1H3,(H,11,13). The molecule has 0 fully saturated rings. The van der Waals surface area contributed by atoms with E-state index in [9.17, 15) is 14.9 Å². The van der Waals surface area contributed by atoms with E-state index in [1.165, 1.54) is 25.1 Å². The Kier molecular flexibility index (Phi) is 2.32. The molecule has 0 bridgehead atoms. The lowest BCUT2D eigenvalue weighted by molar-refractivity contribution is -0.384. The summed E-state index contributed by atoms with van der Waals surface area (Å²) in [6.45, 7) is 1.36. The number of anilines is 1. The quantitative estimate of drug-likeness (QED) is 0.621. The van der Waals surface area contributed by atoms with Gasteiger partial charge in [-0.15, -0.1) is 0 Å². The SMILES string of the molecule is CC(=O)Nc1cc2cc([N+](=O)[O-])ccc2o1. The lowest BCUT2D eigenvalue weighted by atomic mass is 10.2. The van der Waals surface area contributed by atoms with Crippen LogP contribution < -0.4 is 5.32 Å². The highest BCUT2D eigenvalue weighted by molar-refractivity contribution is 5.91. The molecule has 0 aliphatic carbocycles. The van der Waals surface area contributed by atoms with Crippen molar-refractivity contribution in [2.75, 3.05) is 5.32 Å². The first-order chi connectivity index (χ1) is 7.56. The van der Waals surface area contributed by atoms with E-state index in [0.717, 1.165) is 0 Å². The summed E-state index contributed by atoms with van der Waals surface area (Å²) in [6, 6.07) is 5.79. The first-order valence-electron chi connectivity index (χ1n) is 4.52. The zero-order chi connectivity index (χ0) is 11.7. The topological polar surface area (TPSA) is 85.4 Å². The number of carbonyl (C=O) groups excluding carboxylic acids is 1. The predicted octanol–water partition coefficient (Wildman–Crippen LogP) is 2.30. The Hall–Kier alpha value is -2.37. The lowest BCUT2D eigenvalue weighted by Crippen LogP contribution is -2.04. The molecule has 0 spiro atoms. The molecular formula is C10H8N2O4. The minimum atomic E-state index is -0.482. The summed E-state index contributed by atoms with van der Waals surface area (Å²) < 4.78 is 5.26. The molecule has 2 rings (SSSR count). The Morgan fingerprint density at radius 1 is 1.44 bits per heavy atom. The number of non-ortho nitro benzene ring substituents is 1. The summed E-state index contributed by atoms with van der Waals surface area (Å²) in [5, 5.41) is 13.6. The fourth-order valence-electron chi connectivity index (χ4n) is 1.38. The van der Waals surface area contributed by atoms with Gasteiger partial charge in [-0.3, -0.25) is 20.2 Å². The molecule has 1 aromatic heterocycles. The van der Waals surface area contributed by atoms with Crippen molar-refractivity contribution in [1.82, 2.24) is 0 Å². The van der Waals surface area contributed by atoms with Crippen molar-refractivity contribution in [3.8, 4) is 0 Å². The van der Waals surface area contributed by atoms with E-state index in [4.69, 9.17) is 4.42 Å². The molecule has 82 valence electrons. The third kappa shape index (κ3) is 1.85. The molecule has 1 heterocycles. The van der Waals surface area contributed by atoms with Crippen molar-refractivity contribution in [1.29, 1.82) is 0 Å². The number of rotatable bonds is 2. The van der Waals surface area contributed by atoms with Crippen LogP contribution in [0.2, 0.25) is 0 Å². The maximum atomic E-state index is 10.8. The van der Waals surface area contributed by atoms with Crippen LogP contribution in [0.15, 0.2) is 28.7 Å². The van der Waals surface area contributed by atoms with Gasteiger partial charge < -0.3 is 4.42 Å². The fraction of sp³-hybridized carbons (Fsp3) is 0.100. The zero-order valence-corrected chi connectivity index (χ0v) is 8.39. The Morgan fingerprint density at radius 2 is 2.19 bits per heavy atom. The summed E-state index contributed by atoms with van der Waals surface area (Å²) in [4.78, 5) is 20.8. The maximum absolute atomic E-state index is 10.8. The van der Waals surface area contributed by atoms with E-state index in [-0.39, 0.29) is 17.5 Å². The number of benzene rings is 1. The van der Waals surface area contributed by atoms with Crippen LogP contribution in [0.4, 0.5) is 11.6 Å². The molecule has 1 aromatic carbocycles. The summed E-state index contributed by atoms with van der Waals surface area (Å²) >= 11 is 0. The highest BCUT2D eigenvalue weighted by Crippen LogP contribution is 2.26. The molecule has 6 heteroatoms. The van der Waals surface area contributed by atoms with Gasteiger partial charge in [0.2, 0.25) is 11.8 Å². The molecule has 0 aliphatic rings. The molecule has 16 heavy (non-hydrogen) atoms. The van der Waals surface area contributed by atoms with E-state index in [0.29, 0.717) is 11.0 Å². The second kappa shape index (κ2) is 3.65. The molecule has 1 amide bonds. The first-order valence-corrected chi connectivity index (χ1v) is 4.52. The lowest BCUT2D eigenvalue weighted by Gasteiger charge is -1.92. The van der Waals surface area contributed by atoms with Gasteiger partial charge in [0.15, 0.2) is 0 Å². The Bertz CT molecular complexity index is 573. The fourth-order valence-corrected chi connectivity index (χ4v) is 1.38. The average Bonchev–Trinajstić information content (AvgIpc) is 2.56.